The molecular weight excluding hydrogens is 360 g/mol. The van der Waals surface area contributed by atoms with Gasteiger partial charge < -0.3 is 10.4 Å². The highest BCUT2D eigenvalue weighted by molar-refractivity contribution is 8.18. The Morgan fingerprint density at radius 2 is 1.93 bits per heavy atom. The molecule has 0 aromatic heterocycles. The molecule has 0 saturated carbocycles. The first-order chi connectivity index (χ1) is 12.9. The zero-order valence-corrected chi connectivity index (χ0v) is 15.7. The highest BCUT2D eigenvalue weighted by atomic mass is 32.2. The summed E-state index contributed by atoms with van der Waals surface area (Å²) in [5.41, 5.74) is 3.52. The summed E-state index contributed by atoms with van der Waals surface area (Å²) >= 11 is 1.24. The Hall–Kier alpha value is -3.12. The van der Waals surface area contributed by atoms with Gasteiger partial charge in [-0.15, -0.1) is 0 Å². The van der Waals surface area contributed by atoms with Gasteiger partial charge in [0.25, 0.3) is 5.91 Å². The van der Waals surface area contributed by atoms with Gasteiger partial charge in [0.15, 0.2) is 5.17 Å². The van der Waals surface area contributed by atoms with Gasteiger partial charge in [0.05, 0.1) is 16.2 Å². The topological polar surface area (TPSA) is 78.8 Å². The molecule has 27 heavy (non-hydrogen) atoms. The average Bonchev–Trinajstić information content (AvgIpc) is 2.96. The molecule has 0 unspecified atom stereocenters. The van der Waals surface area contributed by atoms with Crippen LogP contribution in [0.25, 0.3) is 6.08 Å². The van der Waals surface area contributed by atoms with Crippen molar-refractivity contribution in [3.63, 3.8) is 0 Å². The van der Waals surface area contributed by atoms with Crippen LogP contribution in [-0.2, 0) is 4.79 Å². The van der Waals surface area contributed by atoms with Crippen LogP contribution in [0.15, 0.2) is 70.1 Å². The molecule has 136 valence electrons. The first-order valence-electron chi connectivity index (χ1n) is 8.29. The molecular formula is C21H18N2O3S. The number of carboxylic acids is 1. The normalized spacial score (nSPS) is 17.4. The summed E-state index contributed by atoms with van der Waals surface area (Å²) in [4.78, 5) is 28.3. The number of thioether (sulfide) groups is 1. The van der Waals surface area contributed by atoms with Gasteiger partial charge in [0.1, 0.15) is 0 Å². The van der Waals surface area contributed by atoms with E-state index in [1.807, 2.05) is 56.3 Å². The SMILES string of the molecule is CC(/C=C1\SC(=Nc2cc(C(=O)O)ccc2C)NC1=O)=C\c1ccccc1. The number of nitrogens with one attached hydrogen (secondary N) is 1. The van der Waals surface area contributed by atoms with Gasteiger partial charge in [-0.2, -0.15) is 0 Å². The van der Waals surface area contributed by atoms with Crippen LogP contribution in [0.3, 0.4) is 0 Å². The fourth-order valence-corrected chi connectivity index (χ4v) is 3.40. The van der Waals surface area contributed by atoms with E-state index in [0.29, 0.717) is 15.8 Å². The third-order valence-electron chi connectivity index (χ3n) is 3.88. The monoisotopic (exact) mass is 378 g/mol. The van der Waals surface area contributed by atoms with E-state index in [-0.39, 0.29) is 11.5 Å². The second-order valence-electron chi connectivity index (χ2n) is 6.09. The average molecular weight is 378 g/mol. The van der Waals surface area contributed by atoms with Crippen LogP contribution in [-0.4, -0.2) is 22.2 Å². The predicted octanol–water partition coefficient (Wildman–Crippen LogP) is 4.53. The molecule has 0 radical (unpaired) electrons. The molecule has 2 aromatic rings. The third-order valence-corrected chi connectivity index (χ3v) is 4.79. The lowest BCUT2D eigenvalue weighted by molar-refractivity contribution is -0.115. The van der Waals surface area contributed by atoms with Crippen molar-refractivity contribution in [3.05, 3.63) is 81.8 Å². The Labute approximate surface area is 161 Å². The predicted molar refractivity (Wildman–Crippen MR) is 109 cm³/mol. The maximum absolute atomic E-state index is 12.2. The number of hydrogen-bond donors (Lipinski definition) is 2. The van der Waals surface area contributed by atoms with Gasteiger partial charge in [-0.05, 0) is 60.5 Å². The number of aryl methyl sites for hydroxylation is 1. The van der Waals surface area contributed by atoms with Crippen molar-refractivity contribution >= 4 is 40.6 Å². The van der Waals surface area contributed by atoms with Crippen LogP contribution < -0.4 is 5.32 Å². The number of aliphatic imine (C=N–C) groups is 1. The number of hydrogen-bond acceptors (Lipinski definition) is 4. The van der Waals surface area contributed by atoms with Gasteiger partial charge in [0, 0.05) is 0 Å². The largest absolute Gasteiger partial charge is 0.478 e. The summed E-state index contributed by atoms with van der Waals surface area (Å²) in [6.45, 7) is 3.78. The second-order valence-corrected chi connectivity index (χ2v) is 7.12. The van der Waals surface area contributed by atoms with Crippen LogP contribution in [0.4, 0.5) is 5.69 Å². The zero-order chi connectivity index (χ0) is 19.4. The van der Waals surface area contributed by atoms with Crippen LogP contribution in [0.1, 0.15) is 28.4 Å². The van der Waals surface area contributed by atoms with Gasteiger partial charge in [0.2, 0.25) is 0 Å². The number of aromatic carboxylic acids is 1. The number of rotatable bonds is 4. The smallest absolute Gasteiger partial charge is 0.335 e. The lowest BCUT2D eigenvalue weighted by atomic mass is 10.1. The fourth-order valence-electron chi connectivity index (χ4n) is 2.51. The minimum Gasteiger partial charge on any atom is -0.478 e. The first-order valence-corrected chi connectivity index (χ1v) is 9.11. The summed E-state index contributed by atoms with van der Waals surface area (Å²) in [5.74, 6) is -1.23. The molecule has 3 rings (SSSR count). The second kappa shape index (κ2) is 8.05. The van der Waals surface area contributed by atoms with E-state index in [9.17, 15) is 9.59 Å². The summed E-state index contributed by atoms with van der Waals surface area (Å²) in [5, 5.41) is 12.3. The Balaban J connectivity index is 1.83. The van der Waals surface area contributed by atoms with Crippen molar-refractivity contribution in [1.29, 1.82) is 0 Å². The number of allylic oxidation sites excluding steroid dienone is 2. The van der Waals surface area contributed by atoms with Crippen molar-refractivity contribution in [2.75, 3.05) is 0 Å². The van der Waals surface area contributed by atoms with E-state index < -0.39 is 5.97 Å². The molecule has 1 saturated heterocycles. The van der Waals surface area contributed by atoms with Crippen LogP contribution in [0, 0.1) is 6.92 Å². The molecule has 2 N–H and O–H groups in total. The van der Waals surface area contributed by atoms with Crippen LogP contribution >= 0.6 is 11.8 Å². The number of amides is 1. The summed E-state index contributed by atoms with van der Waals surface area (Å²) in [7, 11) is 0. The number of carbonyl (C=O) groups excluding carboxylic acids is 1. The van der Waals surface area contributed by atoms with Crippen molar-refractivity contribution in [1.82, 2.24) is 5.32 Å². The van der Waals surface area contributed by atoms with Crippen molar-refractivity contribution < 1.29 is 14.7 Å². The molecule has 0 bridgehead atoms. The van der Waals surface area contributed by atoms with Crippen LogP contribution in [0.2, 0.25) is 0 Å². The molecule has 1 amide bonds. The number of amidine groups is 1. The number of benzene rings is 2. The molecule has 1 aliphatic rings. The Kier molecular flexibility index (Phi) is 5.57. The lowest BCUT2D eigenvalue weighted by Crippen LogP contribution is -2.19. The maximum Gasteiger partial charge on any atom is 0.335 e. The lowest BCUT2D eigenvalue weighted by Gasteiger charge is -2.03. The number of nitrogens with zero attached hydrogens (tertiary/aromatic N) is 1. The van der Waals surface area contributed by atoms with E-state index in [2.05, 4.69) is 10.3 Å². The molecule has 1 heterocycles. The Morgan fingerprint density at radius 1 is 1.19 bits per heavy atom. The van der Waals surface area contributed by atoms with E-state index >= 15 is 0 Å². The number of carboxylic acid groups (broad SMARTS) is 1. The third kappa shape index (κ3) is 4.74. The first kappa shape index (κ1) is 18.7. The summed E-state index contributed by atoms with van der Waals surface area (Å²) in [6, 6.07) is 14.6. The van der Waals surface area contributed by atoms with E-state index in [1.165, 1.54) is 23.9 Å². The minimum atomic E-state index is -1.01. The molecule has 0 aliphatic carbocycles. The van der Waals surface area contributed by atoms with Crippen LogP contribution in [0.5, 0.6) is 0 Å². The van der Waals surface area contributed by atoms with E-state index in [0.717, 1.165) is 16.7 Å². The number of carbonyl (C=O) groups is 2. The highest BCUT2D eigenvalue weighted by Gasteiger charge is 2.24. The molecule has 0 spiro atoms. The molecule has 0 atom stereocenters. The van der Waals surface area contributed by atoms with Gasteiger partial charge >= 0.3 is 5.97 Å². The van der Waals surface area contributed by atoms with Gasteiger partial charge in [-0.3, -0.25) is 4.79 Å². The van der Waals surface area contributed by atoms with Gasteiger partial charge in [-0.1, -0.05) is 42.5 Å². The molecule has 2 aromatic carbocycles. The summed E-state index contributed by atoms with van der Waals surface area (Å²) < 4.78 is 0. The molecule has 1 fully saturated rings. The fraction of sp³-hybridized carbons (Fsp3) is 0.0952. The van der Waals surface area contributed by atoms with Crippen molar-refractivity contribution in [2.24, 2.45) is 4.99 Å². The Bertz CT molecular complexity index is 992. The Morgan fingerprint density at radius 3 is 2.63 bits per heavy atom. The quantitative estimate of drug-likeness (QED) is 0.766. The molecule has 6 heteroatoms. The van der Waals surface area contributed by atoms with Gasteiger partial charge in [-0.25, -0.2) is 9.79 Å². The standard InChI is InChI=1S/C21H18N2O3S/c1-13(10-15-6-4-3-5-7-15)11-18-19(24)23-21(27-18)22-17-12-16(20(25)26)9-8-14(17)2/h3-12H,1-2H3,(H,25,26)(H,22,23,24)/b13-10+,18-11-. The summed E-state index contributed by atoms with van der Waals surface area (Å²) in [6.07, 6.45) is 3.81. The van der Waals surface area contributed by atoms with E-state index in [1.54, 1.807) is 6.07 Å². The molecule has 1 aliphatic heterocycles. The maximum atomic E-state index is 12.2. The minimum absolute atomic E-state index is 0.159. The molecule has 5 nitrogen and oxygen atoms in total. The van der Waals surface area contributed by atoms with E-state index in [4.69, 9.17) is 5.11 Å². The van der Waals surface area contributed by atoms with Crippen molar-refractivity contribution in [2.45, 2.75) is 13.8 Å². The highest BCUT2D eigenvalue weighted by Crippen LogP contribution is 2.29. The zero-order valence-electron chi connectivity index (χ0n) is 14.9. The van der Waals surface area contributed by atoms with Crippen molar-refractivity contribution in [3.8, 4) is 0 Å².